The van der Waals surface area contributed by atoms with Crippen molar-refractivity contribution in [1.82, 2.24) is 5.32 Å². The molecule has 1 heterocycles. The molecular formula is C16H14ClNO2. The number of fused-ring (bicyclic) bond motifs is 1. The Labute approximate surface area is 122 Å². The third kappa shape index (κ3) is 2.47. The molecule has 20 heavy (non-hydrogen) atoms. The summed E-state index contributed by atoms with van der Waals surface area (Å²) in [6, 6.07) is 7.65. The fourth-order valence-electron chi connectivity index (χ4n) is 2.76. The number of rotatable bonds is 1. The molecule has 2 aliphatic rings. The molecule has 0 spiro atoms. The maximum Gasteiger partial charge on any atom is 0.226 e. The highest BCUT2D eigenvalue weighted by molar-refractivity contribution is 6.46. The molecule has 1 aromatic carbocycles. The first kappa shape index (κ1) is 13.3. The van der Waals surface area contributed by atoms with Crippen molar-refractivity contribution >= 4 is 23.2 Å². The van der Waals surface area contributed by atoms with Gasteiger partial charge in [0.05, 0.1) is 0 Å². The van der Waals surface area contributed by atoms with E-state index in [1.54, 1.807) is 0 Å². The Morgan fingerprint density at radius 3 is 2.75 bits per heavy atom. The van der Waals surface area contributed by atoms with Gasteiger partial charge in [0.1, 0.15) is 0 Å². The van der Waals surface area contributed by atoms with E-state index >= 15 is 0 Å². The van der Waals surface area contributed by atoms with Crippen molar-refractivity contribution in [3.63, 3.8) is 0 Å². The Bertz CT molecular complexity index is 646. The van der Waals surface area contributed by atoms with Gasteiger partial charge >= 0.3 is 0 Å². The van der Waals surface area contributed by atoms with Gasteiger partial charge in [0.15, 0.2) is 0 Å². The largest absolute Gasteiger partial charge is 0.315 e. The van der Waals surface area contributed by atoms with Crippen LogP contribution in [0.2, 0.25) is 5.02 Å². The van der Waals surface area contributed by atoms with Crippen molar-refractivity contribution in [3.05, 3.63) is 58.1 Å². The second kappa shape index (κ2) is 5.35. The molecule has 1 aromatic rings. The lowest BCUT2D eigenvalue weighted by Crippen LogP contribution is -2.22. The first-order valence-corrected chi connectivity index (χ1v) is 7.00. The van der Waals surface area contributed by atoms with Gasteiger partial charge in [-0.25, -0.2) is 0 Å². The zero-order chi connectivity index (χ0) is 14.1. The van der Waals surface area contributed by atoms with Gasteiger partial charge in [-0.3, -0.25) is 9.59 Å². The molecule has 0 amide bonds. The summed E-state index contributed by atoms with van der Waals surface area (Å²) in [5, 5.41) is 4.03. The second-order valence-electron chi connectivity index (χ2n) is 5.06. The fraction of sp³-hybridized carbons (Fsp3) is 0.250. The minimum Gasteiger partial charge on any atom is -0.315 e. The van der Waals surface area contributed by atoms with Gasteiger partial charge in [0.2, 0.25) is 11.6 Å². The summed E-state index contributed by atoms with van der Waals surface area (Å²) < 4.78 is 0. The van der Waals surface area contributed by atoms with E-state index < -0.39 is 11.6 Å². The normalized spacial score (nSPS) is 22.8. The third-order valence-corrected chi connectivity index (χ3v) is 3.99. The zero-order valence-corrected chi connectivity index (χ0v) is 11.6. The lowest BCUT2D eigenvalue weighted by molar-refractivity contribution is -0.131. The van der Waals surface area contributed by atoms with Crippen LogP contribution < -0.4 is 5.32 Å². The summed E-state index contributed by atoms with van der Waals surface area (Å²) >= 11 is 6.06. The molecule has 0 saturated carbocycles. The molecule has 1 aliphatic heterocycles. The summed E-state index contributed by atoms with van der Waals surface area (Å²) in [5.41, 5.74) is 2.97. The van der Waals surface area contributed by atoms with Gasteiger partial charge in [-0.1, -0.05) is 23.7 Å². The maximum atomic E-state index is 11.7. The van der Waals surface area contributed by atoms with Crippen molar-refractivity contribution in [2.75, 3.05) is 13.1 Å². The standard InChI is InChI=1S/C16H14ClNO2/c17-12-3-1-2-10(6-12)14-9-18-5-4-11-7-15(19)16(20)8-13(11)14/h1-3,6-8,14,18H,4-5,9H2. The Morgan fingerprint density at radius 1 is 1.15 bits per heavy atom. The zero-order valence-electron chi connectivity index (χ0n) is 10.9. The number of ketones is 2. The van der Waals surface area contributed by atoms with Crippen LogP contribution in [-0.2, 0) is 9.59 Å². The van der Waals surface area contributed by atoms with Crippen molar-refractivity contribution < 1.29 is 9.59 Å². The van der Waals surface area contributed by atoms with Crippen molar-refractivity contribution in [3.8, 4) is 0 Å². The molecule has 1 aliphatic carbocycles. The minimum atomic E-state index is -0.433. The molecule has 102 valence electrons. The van der Waals surface area contributed by atoms with Gasteiger partial charge in [-0.15, -0.1) is 0 Å². The monoisotopic (exact) mass is 287 g/mol. The average Bonchev–Trinajstić information content (AvgIpc) is 2.62. The van der Waals surface area contributed by atoms with Crippen LogP contribution in [0.15, 0.2) is 47.6 Å². The average molecular weight is 288 g/mol. The van der Waals surface area contributed by atoms with Crippen LogP contribution in [0, 0.1) is 0 Å². The number of carbonyl (C=O) groups excluding carboxylic acids is 2. The molecule has 0 aromatic heterocycles. The van der Waals surface area contributed by atoms with Crippen LogP contribution in [0.25, 0.3) is 0 Å². The summed E-state index contributed by atoms with van der Waals surface area (Å²) in [6.45, 7) is 1.55. The van der Waals surface area contributed by atoms with Crippen molar-refractivity contribution in [2.45, 2.75) is 12.3 Å². The highest BCUT2D eigenvalue weighted by Crippen LogP contribution is 2.35. The van der Waals surface area contributed by atoms with Crippen molar-refractivity contribution in [1.29, 1.82) is 0 Å². The van der Waals surface area contributed by atoms with Gasteiger partial charge in [-0.05, 0) is 54.0 Å². The lowest BCUT2D eigenvalue weighted by Gasteiger charge is -2.21. The molecule has 0 radical (unpaired) electrons. The first-order chi connectivity index (χ1) is 9.65. The fourth-order valence-corrected chi connectivity index (χ4v) is 2.96. The maximum absolute atomic E-state index is 11.7. The van der Waals surface area contributed by atoms with Crippen LogP contribution in [-0.4, -0.2) is 24.7 Å². The van der Waals surface area contributed by atoms with Crippen LogP contribution in [0.5, 0.6) is 0 Å². The lowest BCUT2D eigenvalue weighted by atomic mass is 9.82. The molecule has 3 nitrogen and oxygen atoms in total. The van der Waals surface area contributed by atoms with Crippen LogP contribution >= 0.6 is 11.6 Å². The van der Waals surface area contributed by atoms with E-state index in [4.69, 9.17) is 11.6 Å². The molecule has 1 fully saturated rings. The van der Waals surface area contributed by atoms with E-state index in [2.05, 4.69) is 5.32 Å². The van der Waals surface area contributed by atoms with Gasteiger partial charge < -0.3 is 5.32 Å². The summed E-state index contributed by atoms with van der Waals surface area (Å²) in [5.74, 6) is -0.798. The number of hydrogen-bond donors (Lipinski definition) is 1. The Morgan fingerprint density at radius 2 is 1.95 bits per heavy atom. The number of nitrogens with one attached hydrogen (secondary N) is 1. The van der Waals surface area contributed by atoms with Crippen LogP contribution in [0.3, 0.4) is 0 Å². The van der Waals surface area contributed by atoms with E-state index in [0.29, 0.717) is 5.02 Å². The predicted octanol–water partition coefficient (Wildman–Crippen LogP) is 2.42. The molecular weight excluding hydrogens is 274 g/mol. The number of carbonyl (C=O) groups is 2. The quantitative estimate of drug-likeness (QED) is 0.637. The Hall–Kier alpha value is -1.71. The highest BCUT2D eigenvalue weighted by Gasteiger charge is 2.28. The number of halogens is 1. The first-order valence-electron chi connectivity index (χ1n) is 6.62. The Kier molecular flexibility index (Phi) is 3.55. The Balaban J connectivity index is 2.06. The molecule has 4 heteroatoms. The van der Waals surface area contributed by atoms with Crippen LogP contribution in [0.4, 0.5) is 0 Å². The van der Waals surface area contributed by atoms with E-state index in [1.807, 2.05) is 24.3 Å². The van der Waals surface area contributed by atoms with Crippen LogP contribution in [0.1, 0.15) is 17.9 Å². The van der Waals surface area contributed by atoms with Gasteiger partial charge in [0, 0.05) is 17.5 Å². The third-order valence-electron chi connectivity index (χ3n) is 3.75. The second-order valence-corrected chi connectivity index (χ2v) is 5.50. The number of benzene rings is 1. The highest BCUT2D eigenvalue weighted by atomic mass is 35.5. The predicted molar refractivity (Wildman–Crippen MR) is 77.9 cm³/mol. The minimum absolute atomic E-state index is 0.0551. The SMILES string of the molecule is O=C1C=C2CCNCC(c3cccc(Cl)c3)C2=CC1=O. The molecule has 1 atom stereocenters. The topological polar surface area (TPSA) is 46.2 Å². The van der Waals surface area contributed by atoms with Crippen molar-refractivity contribution in [2.24, 2.45) is 0 Å². The molecule has 1 N–H and O–H groups in total. The number of hydrogen-bond acceptors (Lipinski definition) is 3. The number of allylic oxidation sites excluding steroid dienone is 2. The van der Waals surface area contributed by atoms with E-state index in [-0.39, 0.29) is 5.92 Å². The summed E-state index contributed by atoms with van der Waals surface area (Å²) in [6.07, 6.45) is 3.75. The molecule has 0 bridgehead atoms. The molecule has 1 unspecified atom stereocenters. The smallest absolute Gasteiger partial charge is 0.226 e. The summed E-state index contributed by atoms with van der Waals surface area (Å²) in [7, 11) is 0. The summed E-state index contributed by atoms with van der Waals surface area (Å²) in [4.78, 5) is 23.2. The van der Waals surface area contributed by atoms with E-state index in [0.717, 1.165) is 36.2 Å². The molecule has 1 saturated heterocycles. The van der Waals surface area contributed by atoms with Gasteiger partial charge in [0.25, 0.3) is 0 Å². The molecule has 3 rings (SSSR count). The van der Waals surface area contributed by atoms with Gasteiger partial charge in [-0.2, -0.15) is 0 Å². The van der Waals surface area contributed by atoms with E-state index in [1.165, 1.54) is 12.2 Å². The van der Waals surface area contributed by atoms with E-state index in [9.17, 15) is 9.59 Å².